The van der Waals surface area contributed by atoms with E-state index in [2.05, 4.69) is 15.9 Å². The van der Waals surface area contributed by atoms with Crippen LogP contribution in [0, 0.1) is 6.92 Å². The average molecular weight is 337 g/mol. The Bertz CT molecular complexity index is 609. The lowest BCUT2D eigenvalue weighted by Crippen LogP contribution is -2.00. The lowest BCUT2D eigenvalue weighted by atomic mass is 10.1. The Morgan fingerprint density at radius 2 is 1.85 bits per heavy atom. The van der Waals surface area contributed by atoms with Crippen molar-refractivity contribution in [3.63, 3.8) is 0 Å². The minimum absolute atomic E-state index is 0.598. The first-order chi connectivity index (χ1) is 9.52. The van der Waals surface area contributed by atoms with Gasteiger partial charge in [0.25, 0.3) is 0 Å². The van der Waals surface area contributed by atoms with Crippen LogP contribution in [0.25, 0.3) is 0 Å². The number of halogens is 1. The van der Waals surface area contributed by atoms with E-state index in [1.54, 1.807) is 14.0 Å². The Balaban J connectivity index is 2.40. The fraction of sp³-hybridized carbons (Fsp3) is 0.250. The van der Waals surface area contributed by atoms with Gasteiger partial charge in [-0.1, -0.05) is 22.0 Å². The van der Waals surface area contributed by atoms with Crippen molar-refractivity contribution in [2.45, 2.75) is 20.0 Å². The quantitative estimate of drug-likeness (QED) is 0.885. The van der Waals surface area contributed by atoms with Gasteiger partial charge in [0, 0.05) is 4.47 Å². The molecule has 0 spiro atoms. The summed E-state index contributed by atoms with van der Waals surface area (Å²) in [7, 11) is 1.58. The van der Waals surface area contributed by atoms with Gasteiger partial charge in [-0.2, -0.15) is 0 Å². The zero-order valence-electron chi connectivity index (χ0n) is 11.7. The van der Waals surface area contributed by atoms with Gasteiger partial charge in [-0.15, -0.1) is 0 Å². The molecule has 4 heteroatoms. The van der Waals surface area contributed by atoms with Gasteiger partial charge in [0.1, 0.15) is 17.2 Å². The molecule has 0 aliphatic heterocycles. The summed E-state index contributed by atoms with van der Waals surface area (Å²) in [5, 5.41) is 9.93. The third kappa shape index (κ3) is 3.14. The van der Waals surface area contributed by atoms with Crippen LogP contribution in [0.15, 0.2) is 40.9 Å². The molecular formula is C16H17BrO3. The lowest BCUT2D eigenvalue weighted by Gasteiger charge is -2.16. The van der Waals surface area contributed by atoms with Gasteiger partial charge in [-0.25, -0.2) is 0 Å². The predicted molar refractivity (Wildman–Crippen MR) is 82.6 cm³/mol. The molecule has 0 radical (unpaired) electrons. The van der Waals surface area contributed by atoms with E-state index in [1.165, 1.54) is 0 Å². The fourth-order valence-electron chi connectivity index (χ4n) is 2.01. The van der Waals surface area contributed by atoms with Crippen LogP contribution >= 0.6 is 15.9 Å². The van der Waals surface area contributed by atoms with Crippen LogP contribution in [0.3, 0.4) is 0 Å². The number of benzene rings is 2. The maximum atomic E-state index is 9.93. The second kappa shape index (κ2) is 6.29. The van der Waals surface area contributed by atoms with Gasteiger partial charge in [0.15, 0.2) is 0 Å². The highest BCUT2D eigenvalue weighted by Crippen LogP contribution is 2.37. The van der Waals surface area contributed by atoms with E-state index in [9.17, 15) is 5.11 Å². The molecule has 2 rings (SSSR count). The van der Waals surface area contributed by atoms with Crippen molar-refractivity contribution in [3.05, 3.63) is 52.0 Å². The molecule has 0 saturated heterocycles. The van der Waals surface area contributed by atoms with Crippen LogP contribution < -0.4 is 9.47 Å². The van der Waals surface area contributed by atoms with Crippen molar-refractivity contribution < 1.29 is 14.6 Å². The number of methoxy groups -OCH3 is 1. The summed E-state index contributed by atoms with van der Waals surface area (Å²) in [5.74, 6) is 1.94. The van der Waals surface area contributed by atoms with Crippen molar-refractivity contribution in [2.75, 3.05) is 7.11 Å². The smallest absolute Gasteiger partial charge is 0.136 e. The standard InChI is InChI=1S/C16H17BrO3/c1-10-9-12(7-8-13(10)17)20-15-6-4-5-14(19-3)16(15)11(2)18/h4-9,11,18H,1-3H3/t11-/m0/s1. The molecule has 0 fully saturated rings. The maximum absolute atomic E-state index is 9.93. The molecule has 0 bridgehead atoms. The Morgan fingerprint density at radius 1 is 1.15 bits per heavy atom. The minimum Gasteiger partial charge on any atom is -0.496 e. The highest BCUT2D eigenvalue weighted by atomic mass is 79.9. The number of ether oxygens (including phenoxy) is 2. The normalized spacial score (nSPS) is 12.1. The number of aryl methyl sites for hydroxylation is 1. The second-order valence-corrected chi connectivity index (χ2v) is 5.42. The van der Waals surface area contributed by atoms with Crippen molar-refractivity contribution in [2.24, 2.45) is 0 Å². The van der Waals surface area contributed by atoms with E-state index in [0.717, 1.165) is 15.8 Å². The molecule has 0 aliphatic carbocycles. The number of hydrogen-bond acceptors (Lipinski definition) is 3. The first-order valence-corrected chi connectivity index (χ1v) is 7.11. The Labute approximate surface area is 127 Å². The topological polar surface area (TPSA) is 38.7 Å². The van der Waals surface area contributed by atoms with Gasteiger partial charge >= 0.3 is 0 Å². The second-order valence-electron chi connectivity index (χ2n) is 4.56. The van der Waals surface area contributed by atoms with Crippen LogP contribution in [0.2, 0.25) is 0 Å². The molecule has 2 aromatic carbocycles. The predicted octanol–water partition coefficient (Wildman–Crippen LogP) is 4.61. The Kier molecular flexibility index (Phi) is 4.68. The summed E-state index contributed by atoms with van der Waals surface area (Å²) >= 11 is 3.46. The fourth-order valence-corrected chi connectivity index (χ4v) is 2.26. The molecule has 0 aliphatic rings. The van der Waals surface area contributed by atoms with Gasteiger partial charge in [0.2, 0.25) is 0 Å². The largest absolute Gasteiger partial charge is 0.496 e. The van der Waals surface area contributed by atoms with E-state index >= 15 is 0 Å². The van der Waals surface area contributed by atoms with E-state index in [0.29, 0.717) is 17.1 Å². The van der Waals surface area contributed by atoms with Gasteiger partial charge in [-0.05, 0) is 49.7 Å². The van der Waals surface area contributed by atoms with Crippen molar-refractivity contribution in [1.29, 1.82) is 0 Å². The minimum atomic E-state index is -0.669. The molecule has 0 unspecified atom stereocenters. The summed E-state index contributed by atoms with van der Waals surface area (Å²) in [6.45, 7) is 3.69. The summed E-state index contributed by atoms with van der Waals surface area (Å²) < 4.78 is 12.2. The molecule has 1 atom stereocenters. The molecule has 0 aromatic heterocycles. The monoisotopic (exact) mass is 336 g/mol. The Morgan fingerprint density at radius 3 is 2.45 bits per heavy atom. The number of aliphatic hydroxyl groups excluding tert-OH is 1. The number of hydrogen-bond donors (Lipinski definition) is 1. The molecule has 1 N–H and O–H groups in total. The van der Waals surface area contributed by atoms with E-state index in [1.807, 2.05) is 43.3 Å². The van der Waals surface area contributed by atoms with Crippen LogP contribution in [0.4, 0.5) is 0 Å². The third-order valence-corrected chi connectivity index (χ3v) is 3.91. The molecule has 20 heavy (non-hydrogen) atoms. The Hall–Kier alpha value is -1.52. The van der Waals surface area contributed by atoms with Crippen LogP contribution in [-0.4, -0.2) is 12.2 Å². The molecule has 0 heterocycles. The van der Waals surface area contributed by atoms with E-state index in [-0.39, 0.29) is 0 Å². The molecule has 0 amide bonds. The van der Waals surface area contributed by atoms with Crippen LogP contribution in [0.1, 0.15) is 24.2 Å². The van der Waals surface area contributed by atoms with Crippen LogP contribution in [0.5, 0.6) is 17.2 Å². The van der Waals surface area contributed by atoms with Crippen molar-refractivity contribution in [3.8, 4) is 17.2 Å². The summed E-state index contributed by atoms with van der Waals surface area (Å²) in [6, 6.07) is 11.2. The van der Waals surface area contributed by atoms with Crippen molar-refractivity contribution >= 4 is 15.9 Å². The van der Waals surface area contributed by atoms with E-state index < -0.39 is 6.10 Å². The first kappa shape index (κ1) is 14.9. The van der Waals surface area contributed by atoms with Gasteiger partial charge in [-0.3, -0.25) is 0 Å². The molecular weight excluding hydrogens is 320 g/mol. The van der Waals surface area contributed by atoms with E-state index in [4.69, 9.17) is 9.47 Å². The lowest BCUT2D eigenvalue weighted by molar-refractivity contribution is 0.190. The summed E-state index contributed by atoms with van der Waals surface area (Å²) in [4.78, 5) is 0. The highest BCUT2D eigenvalue weighted by molar-refractivity contribution is 9.10. The maximum Gasteiger partial charge on any atom is 0.136 e. The summed E-state index contributed by atoms with van der Waals surface area (Å²) in [5.41, 5.74) is 1.74. The van der Waals surface area contributed by atoms with Crippen LogP contribution in [-0.2, 0) is 0 Å². The zero-order valence-corrected chi connectivity index (χ0v) is 13.3. The zero-order chi connectivity index (χ0) is 14.7. The average Bonchev–Trinajstić information content (AvgIpc) is 2.42. The third-order valence-electron chi connectivity index (χ3n) is 3.02. The first-order valence-electron chi connectivity index (χ1n) is 6.32. The summed E-state index contributed by atoms with van der Waals surface area (Å²) in [6.07, 6.45) is -0.669. The van der Waals surface area contributed by atoms with Gasteiger partial charge in [0.05, 0.1) is 18.8 Å². The molecule has 0 saturated carbocycles. The number of aliphatic hydroxyl groups is 1. The molecule has 106 valence electrons. The molecule has 2 aromatic rings. The van der Waals surface area contributed by atoms with Crippen molar-refractivity contribution in [1.82, 2.24) is 0 Å². The number of rotatable bonds is 4. The SMILES string of the molecule is COc1cccc(Oc2ccc(Br)c(C)c2)c1[C@H](C)O. The highest BCUT2D eigenvalue weighted by Gasteiger charge is 2.16. The van der Waals surface area contributed by atoms with Gasteiger partial charge < -0.3 is 14.6 Å². The molecule has 3 nitrogen and oxygen atoms in total.